The number of hydrogen-bond acceptors (Lipinski definition) is 7. The molecule has 53 heavy (non-hydrogen) atoms. The average Bonchev–Trinajstić information content (AvgIpc) is 3.15. The van der Waals surface area contributed by atoms with Crippen LogP contribution in [0.5, 0.6) is 5.75 Å². The van der Waals surface area contributed by atoms with Crippen LogP contribution in [0.1, 0.15) is 62.8 Å². The number of hydrogen-bond donors (Lipinski definition) is 3. The van der Waals surface area contributed by atoms with E-state index in [1.165, 1.54) is 12.2 Å². The zero-order valence-corrected chi connectivity index (χ0v) is 31.0. The molecule has 0 spiro atoms. The van der Waals surface area contributed by atoms with Gasteiger partial charge in [0.1, 0.15) is 22.9 Å². The second-order valence-corrected chi connectivity index (χ2v) is 13.4. The highest BCUT2D eigenvalue weighted by molar-refractivity contribution is 5.87. The summed E-state index contributed by atoms with van der Waals surface area (Å²) >= 11 is 0. The van der Waals surface area contributed by atoms with E-state index in [2.05, 4.69) is 16.0 Å². The lowest BCUT2D eigenvalue weighted by molar-refractivity contribution is -0.137. The molecule has 0 radical (unpaired) electrons. The lowest BCUT2D eigenvalue weighted by Crippen LogP contribution is -2.51. The number of carbonyl (C=O) groups is 4. The summed E-state index contributed by atoms with van der Waals surface area (Å²) in [6, 6.07) is 34.5. The van der Waals surface area contributed by atoms with Crippen molar-refractivity contribution < 1.29 is 33.4 Å². The number of esters is 1. The first-order chi connectivity index (χ1) is 25.4. The van der Waals surface area contributed by atoms with Crippen LogP contribution in [0.4, 0.5) is 4.79 Å². The maximum Gasteiger partial charge on any atom is 0.408 e. The van der Waals surface area contributed by atoms with E-state index in [9.17, 15) is 19.2 Å². The van der Waals surface area contributed by atoms with Crippen molar-refractivity contribution in [2.24, 2.45) is 0 Å². The predicted molar refractivity (Wildman–Crippen MR) is 204 cm³/mol. The van der Waals surface area contributed by atoms with Gasteiger partial charge in [-0.05, 0) is 68.5 Å². The molecule has 0 bridgehead atoms. The molecule has 278 valence electrons. The van der Waals surface area contributed by atoms with Crippen molar-refractivity contribution in [3.63, 3.8) is 0 Å². The quantitative estimate of drug-likeness (QED) is 0.0674. The van der Waals surface area contributed by atoms with Crippen molar-refractivity contribution in [1.29, 1.82) is 0 Å². The third-order valence-electron chi connectivity index (χ3n) is 8.31. The molecule has 0 unspecified atom stereocenters. The van der Waals surface area contributed by atoms with Crippen molar-refractivity contribution in [3.05, 3.63) is 150 Å². The molecule has 0 aliphatic carbocycles. The molecular formula is C43H49N3O7. The van der Waals surface area contributed by atoms with E-state index in [0.717, 1.165) is 22.3 Å². The molecule has 10 nitrogen and oxygen atoms in total. The highest BCUT2D eigenvalue weighted by Crippen LogP contribution is 2.37. The van der Waals surface area contributed by atoms with Gasteiger partial charge in [-0.3, -0.25) is 9.59 Å². The van der Waals surface area contributed by atoms with Crippen LogP contribution in [0.3, 0.4) is 0 Å². The number of benzene rings is 4. The molecule has 0 saturated heterocycles. The standard InChI is InChI=1S/C43H49N3O7/c1-6-52-39(48)29-25-35(44-40(49)37(45-41(50)53-42(2,3)4)30-31-22-26-36(51-5)27-23-31)24-28-38(47)46-43(32-16-10-7-11-17-32,33-18-12-8-13-19-33)34-20-14-9-15-21-34/h7-23,25-27,29,35,37H,6,24,28,30H2,1-5H3,(H,44,49)(H,45,50)(H,46,47)/b29-25+/t35-,37-/m0/s1. The summed E-state index contributed by atoms with van der Waals surface area (Å²) in [5.74, 6) is -0.757. The fourth-order valence-electron chi connectivity index (χ4n) is 5.88. The summed E-state index contributed by atoms with van der Waals surface area (Å²) in [6.45, 7) is 7.06. The first-order valence-electron chi connectivity index (χ1n) is 17.7. The minimum absolute atomic E-state index is 0.0188. The van der Waals surface area contributed by atoms with Crippen molar-refractivity contribution >= 4 is 23.9 Å². The third-order valence-corrected chi connectivity index (χ3v) is 8.31. The maximum absolute atomic E-state index is 14.1. The number of rotatable bonds is 16. The van der Waals surface area contributed by atoms with Crippen molar-refractivity contribution in [3.8, 4) is 5.75 Å². The third kappa shape index (κ3) is 11.8. The first-order valence-corrected chi connectivity index (χ1v) is 17.7. The van der Waals surface area contributed by atoms with E-state index >= 15 is 0 Å². The molecule has 0 heterocycles. The van der Waals surface area contributed by atoms with Crippen LogP contribution >= 0.6 is 0 Å². The monoisotopic (exact) mass is 719 g/mol. The summed E-state index contributed by atoms with van der Waals surface area (Å²) in [6.07, 6.45) is 2.22. The number of amides is 3. The lowest BCUT2D eigenvalue weighted by atomic mass is 9.77. The fourth-order valence-corrected chi connectivity index (χ4v) is 5.88. The van der Waals surface area contributed by atoms with E-state index in [4.69, 9.17) is 14.2 Å². The Morgan fingerprint density at radius 2 is 1.26 bits per heavy atom. The van der Waals surface area contributed by atoms with Crippen LogP contribution in [0.15, 0.2) is 127 Å². The normalized spacial score (nSPS) is 12.6. The minimum Gasteiger partial charge on any atom is -0.497 e. The van der Waals surface area contributed by atoms with E-state index in [1.54, 1.807) is 59.1 Å². The zero-order valence-electron chi connectivity index (χ0n) is 31.0. The van der Waals surface area contributed by atoms with Gasteiger partial charge in [-0.2, -0.15) is 0 Å². The molecule has 10 heteroatoms. The second-order valence-electron chi connectivity index (χ2n) is 13.4. The molecule has 0 fully saturated rings. The molecule has 0 aromatic heterocycles. The van der Waals surface area contributed by atoms with Gasteiger partial charge in [0.05, 0.1) is 13.7 Å². The summed E-state index contributed by atoms with van der Waals surface area (Å²) in [5, 5.41) is 8.96. The Morgan fingerprint density at radius 3 is 1.74 bits per heavy atom. The first kappa shape index (κ1) is 39.9. The van der Waals surface area contributed by atoms with Crippen LogP contribution < -0.4 is 20.7 Å². The topological polar surface area (TPSA) is 132 Å². The molecule has 4 aromatic rings. The van der Waals surface area contributed by atoms with E-state index in [0.29, 0.717) is 5.75 Å². The van der Waals surface area contributed by atoms with Gasteiger partial charge in [-0.15, -0.1) is 0 Å². The van der Waals surface area contributed by atoms with Gasteiger partial charge in [0.15, 0.2) is 0 Å². The number of ether oxygens (including phenoxy) is 3. The lowest BCUT2D eigenvalue weighted by Gasteiger charge is -2.37. The van der Waals surface area contributed by atoms with E-state index in [-0.39, 0.29) is 31.8 Å². The van der Waals surface area contributed by atoms with Crippen molar-refractivity contribution in [1.82, 2.24) is 16.0 Å². The second kappa shape index (κ2) is 19.1. The van der Waals surface area contributed by atoms with Crippen LogP contribution in [-0.2, 0) is 35.8 Å². The molecule has 0 aliphatic rings. The van der Waals surface area contributed by atoms with Gasteiger partial charge in [0.25, 0.3) is 0 Å². The Kier molecular flexibility index (Phi) is 14.4. The van der Waals surface area contributed by atoms with Crippen molar-refractivity contribution in [2.45, 2.75) is 70.2 Å². The van der Waals surface area contributed by atoms with Crippen LogP contribution in [-0.4, -0.2) is 55.3 Å². The number of carbonyl (C=O) groups excluding carboxylic acids is 4. The van der Waals surface area contributed by atoms with Crippen LogP contribution in [0.2, 0.25) is 0 Å². The Balaban J connectivity index is 1.61. The molecule has 0 aliphatic heterocycles. The minimum atomic E-state index is -1.05. The number of methoxy groups -OCH3 is 1. The van der Waals surface area contributed by atoms with Gasteiger partial charge in [0, 0.05) is 25.0 Å². The fraction of sp³-hybridized carbons (Fsp3) is 0.302. The Bertz CT molecular complexity index is 1710. The van der Waals surface area contributed by atoms with Crippen LogP contribution in [0.25, 0.3) is 0 Å². The molecule has 4 rings (SSSR count). The largest absolute Gasteiger partial charge is 0.497 e. The van der Waals surface area contributed by atoms with Gasteiger partial charge in [-0.1, -0.05) is 109 Å². The summed E-state index contributed by atoms with van der Waals surface area (Å²) in [5.41, 5.74) is 1.55. The zero-order chi connectivity index (χ0) is 38.3. The van der Waals surface area contributed by atoms with E-state index < -0.39 is 41.2 Å². The SMILES string of the molecule is CCOC(=O)/C=C/[C@H](CCC(=O)NC(c1ccccc1)(c1ccccc1)c1ccccc1)NC(=O)[C@H](Cc1ccc(OC)cc1)NC(=O)OC(C)(C)C. The van der Waals surface area contributed by atoms with Gasteiger partial charge in [-0.25, -0.2) is 9.59 Å². The smallest absolute Gasteiger partial charge is 0.408 e. The molecule has 2 atom stereocenters. The average molecular weight is 720 g/mol. The number of nitrogens with one attached hydrogen (secondary N) is 3. The number of alkyl carbamates (subject to hydrolysis) is 1. The maximum atomic E-state index is 14.1. The molecule has 0 saturated carbocycles. The van der Waals surface area contributed by atoms with E-state index in [1.807, 2.05) is 91.0 Å². The molecular weight excluding hydrogens is 670 g/mol. The Morgan fingerprint density at radius 1 is 0.736 bits per heavy atom. The molecule has 4 aromatic carbocycles. The van der Waals surface area contributed by atoms with Crippen molar-refractivity contribution in [2.75, 3.05) is 13.7 Å². The van der Waals surface area contributed by atoms with Gasteiger partial charge >= 0.3 is 12.1 Å². The Hall–Kier alpha value is -5.90. The highest BCUT2D eigenvalue weighted by Gasteiger charge is 2.38. The highest BCUT2D eigenvalue weighted by atomic mass is 16.6. The molecule has 3 N–H and O–H groups in total. The van der Waals surface area contributed by atoms with Crippen LogP contribution in [0, 0.1) is 0 Å². The van der Waals surface area contributed by atoms with Gasteiger partial charge in [0.2, 0.25) is 11.8 Å². The summed E-state index contributed by atoms with van der Waals surface area (Å²) in [4.78, 5) is 53.2. The Labute approximate surface area is 311 Å². The summed E-state index contributed by atoms with van der Waals surface area (Å²) in [7, 11) is 1.56. The van der Waals surface area contributed by atoms with Gasteiger partial charge < -0.3 is 30.2 Å². The summed E-state index contributed by atoms with van der Waals surface area (Å²) < 4.78 is 15.8. The molecule has 3 amide bonds. The predicted octanol–water partition coefficient (Wildman–Crippen LogP) is 6.62.